The minimum atomic E-state index is -1.96. The molecule has 14 N–H and O–H groups in total. The monoisotopic (exact) mass is 666 g/mol. The van der Waals surface area contributed by atoms with Crippen molar-refractivity contribution in [2.45, 2.75) is 123 Å². The molecule has 45 heavy (non-hydrogen) atoms. The van der Waals surface area contributed by atoms with Gasteiger partial charge in [-0.2, -0.15) is 0 Å². The second-order valence-corrected chi connectivity index (χ2v) is 11.2. The SMILES string of the molecule is OC[C@H]1O[C@H](OC[C@H]2O[C@H](OC[C@H]3O[C@@H](O)[C@@H](O)[C@@H](O)[C@@H]3O)[C@@H](O)[C@@H](O[C@H]3O[C@H](CO)[C@@H](O)[C@H](O)[C@@H]3O)[C@@H]2O)[C@@H](O)[C@@H](O)[C@@H]1O. The fraction of sp³-hybridized carbons (Fsp3) is 1.00. The third-order valence-corrected chi connectivity index (χ3v) is 8.17. The summed E-state index contributed by atoms with van der Waals surface area (Å²) >= 11 is 0. The lowest BCUT2D eigenvalue weighted by atomic mass is 9.96. The molecule has 4 rings (SSSR count). The molecule has 0 spiro atoms. The average molecular weight is 667 g/mol. The molecule has 4 heterocycles. The van der Waals surface area contributed by atoms with Gasteiger partial charge in [-0.3, -0.25) is 0 Å². The van der Waals surface area contributed by atoms with E-state index in [1.165, 1.54) is 0 Å². The molecular weight excluding hydrogens is 624 g/mol. The Labute approximate surface area is 254 Å². The minimum absolute atomic E-state index is 0.702. The van der Waals surface area contributed by atoms with E-state index in [-0.39, 0.29) is 0 Å². The van der Waals surface area contributed by atoms with Crippen LogP contribution < -0.4 is 0 Å². The van der Waals surface area contributed by atoms with Crippen LogP contribution in [-0.2, 0) is 33.2 Å². The van der Waals surface area contributed by atoms with Crippen molar-refractivity contribution < 1.29 is 105 Å². The van der Waals surface area contributed by atoms with Gasteiger partial charge in [0, 0.05) is 0 Å². The molecule has 4 aliphatic heterocycles. The van der Waals surface area contributed by atoms with Crippen molar-refractivity contribution >= 4 is 0 Å². The summed E-state index contributed by atoms with van der Waals surface area (Å²) in [4.78, 5) is 0. The molecular formula is C24H42O21. The van der Waals surface area contributed by atoms with E-state index in [0.717, 1.165) is 0 Å². The fourth-order valence-electron chi connectivity index (χ4n) is 5.33. The zero-order valence-electron chi connectivity index (χ0n) is 23.5. The van der Waals surface area contributed by atoms with Crippen molar-refractivity contribution in [2.24, 2.45) is 0 Å². The highest BCUT2D eigenvalue weighted by molar-refractivity contribution is 4.96. The van der Waals surface area contributed by atoms with Crippen molar-refractivity contribution in [3.05, 3.63) is 0 Å². The van der Waals surface area contributed by atoms with Crippen LogP contribution in [0.4, 0.5) is 0 Å². The van der Waals surface area contributed by atoms with E-state index in [4.69, 9.17) is 33.2 Å². The van der Waals surface area contributed by atoms with Crippen molar-refractivity contribution in [3.63, 3.8) is 0 Å². The zero-order chi connectivity index (χ0) is 33.3. The summed E-state index contributed by atoms with van der Waals surface area (Å²) in [5.74, 6) is 0. The predicted octanol–water partition coefficient (Wildman–Crippen LogP) is -9.75. The molecule has 21 nitrogen and oxygen atoms in total. The van der Waals surface area contributed by atoms with Gasteiger partial charge >= 0.3 is 0 Å². The molecule has 4 saturated heterocycles. The number of hydrogen-bond donors (Lipinski definition) is 14. The Morgan fingerprint density at radius 2 is 0.778 bits per heavy atom. The van der Waals surface area contributed by atoms with Gasteiger partial charge in [-0.25, -0.2) is 0 Å². The lowest BCUT2D eigenvalue weighted by Crippen LogP contribution is -2.65. The van der Waals surface area contributed by atoms with E-state index < -0.39 is 149 Å². The number of aliphatic hydroxyl groups excluding tert-OH is 14. The number of rotatable bonds is 10. The standard InChI is InChI=1S/C24H42O21/c25-1-5-9(27)14(32)17(35)22(42-5)39-4-8-12(30)20(45-24-18(36)15(33)10(28)6(2-26)43-24)19(37)23(44-8)40-3-7-11(29)13(31)16(34)21(38)41-7/h5-38H,1-4H2/t5-,6-,7-,8-,9-,10-,11-,12-,13+,14+,15+,16+,17+,18+,19+,20+,21-,22+,23+,24-/m1/s1. The van der Waals surface area contributed by atoms with E-state index in [2.05, 4.69) is 0 Å². The first-order chi connectivity index (χ1) is 21.2. The van der Waals surface area contributed by atoms with E-state index in [1.54, 1.807) is 0 Å². The topological polar surface area (TPSA) is 348 Å². The molecule has 0 bridgehead atoms. The van der Waals surface area contributed by atoms with Gasteiger partial charge in [0.2, 0.25) is 0 Å². The fourth-order valence-corrected chi connectivity index (χ4v) is 5.33. The molecule has 0 aromatic rings. The van der Waals surface area contributed by atoms with Crippen molar-refractivity contribution in [3.8, 4) is 0 Å². The lowest BCUT2D eigenvalue weighted by molar-refractivity contribution is -0.370. The van der Waals surface area contributed by atoms with E-state index >= 15 is 0 Å². The highest BCUT2D eigenvalue weighted by Gasteiger charge is 2.52. The maximum atomic E-state index is 11.1. The maximum absolute atomic E-state index is 11.1. The molecule has 0 unspecified atom stereocenters. The van der Waals surface area contributed by atoms with Crippen molar-refractivity contribution in [2.75, 3.05) is 26.4 Å². The van der Waals surface area contributed by atoms with Crippen LogP contribution in [0.2, 0.25) is 0 Å². The normalized spacial score (nSPS) is 52.9. The Bertz CT molecular complexity index is 914. The van der Waals surface area contributed by atoms with Crippen LogP contribution in [-0.4, -0.2) is 221 Å². The molecule has 0 amide bonds. The van der Waals surface area contributed by atoms with Gasteiger partial charge in [-0.15, -0.1) is 0 Å². The molecule has 0 aromatic heterocycles. The summed E-state index contributed by atoms with van der Waals surface area (Å²) in [7, 11) is 0. The van der Waals surface area contributed by atoms with Gasteiger partial charge in [0.05, 0.1) is 26.4 Å². The number of hydrogen-bond acceptors (Lipinski definition) is 21. The van der Waals surface area contributed by atoms with Gasteiger partial charge < -0.3 is 105 Å². The van der Waals surface area contributed by atoms with Crippen LogP contribution in [0, 0.1) is 0 Å². The van der Waals surface area contributed by atoms with Gasteiger partial charge in [0.1, 0.15) is 97.7 Å². The second kappa shape index (κ2) is 15.6. The van der Waals surface area contributed by atoms with Gasteiger partial charge in [-0.1, -0.05) is 0 Å². The van der Waals surface area contributed by atoms with Crippen LogP contribution in [0.1, 0.15) is 0 Å². The van der Waals surface area contributed by atoms with Crippen molar-refractivity contribution in [1.82, 2.24) is 0 Å². The molecule has 0 aromatic carbocycles. The second-order valence-electron chi connectivity index (χ2n) is 11.2. The Balaban J connectivity index is 1.50. The third kappa shape index (κ3) is 7.75. The summed E-state index contributed by atoms with van der Waals surface area (Å²) in [5.41, 5.74) is 0. The van der Waals surface area contributed by atoms with Crippen LogP contribution in [0.15, 0.2) is 0 Å². The van der Waals surface area contributed by atoms with E-state index in [9.17, 15) is 71.5 Å². The smallest absolute Gasteiger partial charge is 0.187 e. The van der Waals surface area contributed by atoms with Gasteiger partial charge in [0.15, 0.2) is 25.2 Å². The van der Waals surface area contributed by atoms with Gasteiger partial charge in [-0.05, 0) is 0 Å². The molecule has 21 heteroatoms. The first-order valence-electron chi connectivity index (χ1n) is 14.1. The van der Waals surface area contributed by atoms with Gasteiger partial charge in [0.25, 0.3) is 0 Å². The number of aliphatic hydroxyl groups is 14. The van der Waals surface area contributed by atoms with Crippen LogP contribution in [0.5, 0.6) is 0 Å². The third-order valence-electron chi connectivity index (χ3n) is 8.17. The first kappa shape index (κ1) is 37.0. The largest absolute Gasteiger partial charge is 0.394 e. The van der Waals surface area contributed by atoms with E-state index in [1.807, 2.05) is 0 Å². The highest BCUT2D eigenvalue weighted by Crippen LogP contribution is 2.31. The van der Waals surface area contributed by atoms with Crippen LogP contribution in [0.25, 0.3) is 0 Å². The molecule has 20 atom stereocenters. The molecule has 4 aliphatic rings. The summed E-state index contributed by atoms with van der Waals surface area (Å²) in [6.07, 6.45) is -35.1. The lowest BCUT2D eigenvalue weighted by Gasteiger charge is -2.47. The summed E-state index contributed by atoms with van der Waals surface area (Å²) in [6.45, 7) is -2.99. The maximum Gasteiger partial charge on any atom is 0.187 e. The molecule has 0 aliphatic carbocycles. The Morgan fingerprint density at radius 1 is 0.378 bits per heavy atom. The Morgan fingerprint density at radius 3 is 1.31 bits per heavy atom. The van der Waals surface area contributed by atoms with Crippen LogP contribution >= 0.6 is 0 Å². The van der Waals surface area contributed by atoms with Crippen LogP contribution in [0.3, 0.4) is 0 Å². The highest BCUT2D eigenvalue weighted by atomic mass is 16.8. The van der Waals surface area contributed by atoms with Crippen molar-refractivity contribution in [1.29, 1.82) is 0 Å². The summed E-state index contributed by atoms with van der Waals surface area (Å²) in [5, 5.41) is 142. The minimum Gasteiger partial charge on any atom is -0.394 e. The van der Waals surface area contributed by atoms with E-state index in [0.29, 0.717) is 0 Å². The molecule has 264 valence electrons. The Kier molecular flexibility index (Phi) is 12.8. The first-order valence-corrected chi connectivity index (χ1v) is 14.1. The zero-order valence-corrected chi connectivity index (χ0v) is 23.5. The average Bonchev–Trinajstić information content (AvgIpc) is 3.02. The number of ether oxygens (including phenoxy) is 7. The summed E-state index contributed by atoms with van der Waals surface area (Å²) in [6, 6.07) is 0. The summed E-state index contributed by atoms with van der Waals surface area (Å²) < 4.78 is 37.7. The molecule has 4 fully saturated rings. The molecule has 0 saturated carbocycles. The molecule has 0 radical (unpaired) electrons. The predicted molar refractivity (Wildman–Crippen MR) is 134 cm³/mol. The Hall–Kier alpha value is -0.840. The quantitative estimate of drug-likeness (QED) is 0.103.